The van der Waals surface area contributed by atoms with E-state index in [2.05, 4.69) is 32.2 Å². The molecule has 4 fully saturated rings. The average molecular weight is 558 g/mol. The number of carbonyl (C=O) groups excluding carboxylic acids is 2. The van der Waals surface area contributed by atoms with Crippen molar-refractivity contribution in [1.82, 2.24) is 10.2 Å². The zero-order valence-electron chi connectivity index (χ0n) is 24.6. The quantitative estimate of drug-likeness (QED) is 0.454. The Bertz CT molecular complexity index is 1310. The second-order valence-electron chi connectivity index (χ2n) is 12.8. The largest absolute Gasteiger partial charge is 0.482 e. The fourth-order valence-electron chi connectivity index (χ4n) is 7.08. The minimum Gasteiger partial charge on any atom is -0.445 e. The van der Waals surface area contributed by atoms with Crippen molar-refractivity contribution in [2.45, 2.75) is 70.7 Å². The summed E-state index contributed by atoms with van der Waals surface area (Å²) in [5, 5.41) is 12.5. The van der Waals surface area contributed by atoms with Crippen LogP contribution in [-0.2, 0) is 38.3 Å². The van der Waals surface area contributed by atoms with Gasteiger partial charge in [0.25, 0.3) is 0 Å². The van der Waals surface area contributed by atoms with Gasteiger partial charge in [-0.25, -0.2) is 4.79 Å². The molecule has 2 aromatic carbocycles. The van der Waals surface area contributed by atoms with E-state index in [0.717, 1.165) is 29.5 Å². The van der Waals surface area contributed by atoms with E-state index in [1.165, 1.54) is 4.90 Å². The molecule has 216 valence electrons. The van der Waals surface area contributed by atoms with Gasteiger partial charge in [-0.2, -0.15) is 5.26 Å². The van der Waals surface area contributed by atoms with Crippen LogP contribution in [0.1, 0.15) is 50.3 Å². The Hall–Kier alpha value is -3.35. The molecule has 8 nitrogen and oxygen atoms in total. The Morgan fingerprint density at radius 2 is 1.78 bits per heavy atom. The summed E-state index contributed by atoms with van der Waals surface area (Å²) in [5.41, 5.74) is 2.53. The molecule has 41 heavy (non-hydrogen) atoms. The van der Waals surface area contributed by atoms with E-state index in [1.54, 1.807) is 14.1 Å². The molecule has 2 aromatic rings. The topological polar surface area (TPSA) is 101 Å². The van der Waals surface area contributed by atoms with Crippen LogP contribution in [0.25, 0.3) is 0 Å². The molecule has 3 aliphatic carbocycles. The third-order valence-corrected chi connectivity index (χ3v) is 9.59. The van der Waals surface area contributed by atoms with Crippen LogP contribution in [0, 0.1) is 34.5 Å². The number of benzene rings is 2. The number of nitriles is 1. The monoisotopic (exact) mass is 557 g/mol. The molecule has 2 amide bonds. The predicted octanol–water partition coefficient (Wildman–Crippen LogP) is 4.56. The summed E-state index contributed by atoms with van der Waals surface area (Å²) in [6, 6.07) is 19.5. The minimum atomic E-state index is -0.767. The Kier molecular flexibility index (Phi) is 8.18. The van der Waals surface area contributed by atoms with Crippen LogP contribution in [-0.4, -0.2) is 55.8 Å². The number of nitrogens with one attached hydrogen (secondary N) is 1. The van der Waals surface area contributed by atoms with Gasteiger partial charge < -0.3 is 24.3 Å². The SMILES string of the molecule is CN(C)C(=O)C(C#N)Cc1cccc(COC(=O)N[C@@H](Cc2ccccc2)B2O[C@@H]3C[C@@H]4C[C@@H](C4(C)C)[C@]3(C)O2)c1. The van der Waals surface area contributed by atoms with Crippen molar-refractivity contribution in [3.63, 3.8) is 0 Å². The summed E-state index contributed by atoms with van der Waals surface area (Å²) in [7, 11) is 2.70. The Labute approximate surface area is 243 Å². The predicted molar refractivity (Wildman–Crippen MR) is 155 cm³/mol. The first-order chi connectivity index (χ1) is 19.5. The van der Waals surface area contributed by atoms with E-state index in [1.807, 2.05) is 54.6 Å². The van der Waals surface area contributed by atoms with Crippen LogP contribution < -0.4 is 5.32 Å². The molecular formula is C32H40BN3O5. The molecule has 0 spiro atoms. The third kappa shape index (κ3) is 5.86. The van der Waals surface area contributed by atoms with E-state index < -0.39 is 25.1 Å². The van der Waals surface area contributed by atoms with Gasteiger partial charge in [0.2, 0.25) is 5.91 Å². The molecule has 4 aliphatic rings. The summed E-state index contributed by atoms with van der Waals surface area (Å²) in [5.74, 6) is -0.361. The Morgan fingerprint density at radius 1 is 1.07 bits per heavy atom. The van der Waals surface area contributed by atoms with Gasteiger partial charge >= 0.3 is 13.2 Å². The van der Waals surface area contributed by atoms with Gasteiger partial charge in [-0.3, -0.25) is 4.79 Å². The van der Waals surface area contributed by atoms with E-state index in [-0.39, 0.29) is 29.6 Å². The van der Waals surface area contributed by atoms with Crippen LogP contribution in [0.2, 0.25) is 0 Å². The summed E-state index contributed by atoms with van der Waals surface area (Å²) in [6.07, 6.45) is 2.44. The standard InChI is InChI=1S/C32H40BN3O5/c1-31(2)25-17-26(31)32(3)27(18-25)40-33(41-32)28(16-21-10-7-6-8-11-21)35-30(38)39-20-23-13-9-12-22(14-23)15-24(19-34)29(37)36(4)5/h6-14,24-28H,15-18,20H2,1-5H3,(H,35,38)/t24?,25-,26-,27+,28-,32-/m0/s1. The highest BCUT2D eigenvalue weighted by Gasteiger charge is 2.68. The fourth-order valence-corrected chi connectivity index (χ4v) is 7.08. The highest BCUT2D eigenvalue weighted by Crippen LogP contribution is 2.65. The second kappa shape index (κ2) is 11.5. The number of carbonyl (C=O) groups is 2. The molecular weight excluding hydrogens is 517 g/mol. The van der Waals surface area contributed by atoms with Gasteiger partial charge in [0.05, 0.1) is 23.7 Å². The van der Waals surface area contributed by atoms with E-state index in [9.17, 15) is 14.9 Å². The van der Waals surface area contributed by atoms with Crippen LogP contribution in [0.5, 0.6) is 0 Å². The van der Waals surface area contributed by atoms with Gasteiger partial charge in [-0.1, -0.05) is 68.4 Å². The number of alkyl carbamates (subject to hydrolysis) is 1. The smallest absolute Gasteiger partial charge is 0.445 e. The Morgan fingerprint density at radius 3 is 2.46 bits per heavy atom. The summed E-state index contributed by atoms with van der Waals surface area (Å²) >= 11 is 0. The van der Waals surface area contributed by atoms with E-state index in [4.69, 9.17) is 14.0 Å². The molecule has 0 aromatic heterocycles. The maximum atomic E-state index is 13.1. The molecule has 3 saturated carbocycles. The maximum absolute atomic E-state index is 13.1. The van der Waals surface area contributed by atoms with Crippen molar-refractivity contribution in [3.8, 4) is 6.07 Å². The molecule has 1 unspecified atom stereocenters. The molecule has 0 radical (unpaired) electrons. The minimum absolute atomic E-state index is 0.0136. The first kappa shape index (κ1) is 29.2. The second-order valence-corrected chi connectivity index (χ2v) is 12.8. The van der Waals surface area contributed by atoms with Crippen molar-refractivity contribution in [2.24, 2.45) is 23.2 Å². The molecule has 6 rings (SSSR count). The van der Waals surface area contributed by atoms with E-state index >= 15 is 0 Å². The van der Waals surface area contributed by atoms with Crippen LogP contribution in [0.3, 0.4) is 0 Å². The lowest BCUT2D eigenvalue weighted by Crippen LogP contribution is -2.65. The van der Waals surface area contributed by atoms with E-state index in [0.29, 0.717) is 24.7 Å². The van der Waals surface area contributed by atoms with Gasteiger partial charge in [0, 0.05) is 14.1 Å². The lowest BCUT2D eigenvalue weighted by molar-refractivity contribution is -0.199. The van der Waals surface area contributed by atoms with Crippen molar-refractivity contribution < 1.29 is 23.6 Å². The van der Waals surface area contributed by atoms with Gasteiger partial charge in [-0.05, 0) is 66.5 Å². The highest BCUT2D eigenvalue weighted by atomic mass is 16.7. The first-order valence-corrected chi connectivity index (χ1v) is 14.5. The van der Waals surface area contributed by atoms with Gasteiger partial charge in [0.15, 0.2) is 0 Å². The van der Waals surface area contributed by atoms with Crippen LogP contribution in [0.15, 0.2) is 54.6 Å². The number of hydrogen-bond acceptors (Lipinski definition) is 6. The summed E-state index contributed by atoms with van der Waals surface area (Å²) < 4.78 is 18.8. The third-order valence-electron chi connectivity index (χ3n) is 9.59. The summed E-state index contributed by atoms with van der Waals surface area (Å²) in [6.45, 7) is 6.89. The molecule has 1 heterocycles. The molecule has 1 N–H and O–H groups in total. The molecule has 6 atom stereocenters. The fraction of sp³-hybridized carbons (Fsp3) is 0.531. The van der Waals surface area contributed by atoms with Gasteiger partial charge in [-0.15, -0.1) is 0 Å². The van der Waals surface area contributed by atoms with Crippen LogP contribution in [0.4, 0.5) is 4.79 Å². The number of amides is 2. The maximum Gasteiger partial charge on any atom is 0.482 e. The number of nitrogens with zero attached hydrogens (tertiary/aromatic N) is 2. The van der Waals surface area contributed by atoms with Crippen LogP contribution >= 0.6 is 0 Å². The lowest BCUT2D eigenvalue weighted by atomic mass is 9.43. The van der Waals surface area contributed by atoms with Crippen molar-refractivity contribution in [1.29, 1.82) is 5.26 Å². The summed E-state index contributed by atoms with van der Waals surface area (Å²) in [4.78, 5) is 26.8. The average Bonchev–Trinajstić information content (AvgIpc) is 3.32. The lowest BCUT2D eigenvalue weighted by Gasteiger charge is -2.64. The van der Waals surface area contributed by atoms with Gasteiger partial charge in [0.1, 0.15) is 12.5 Å². The first-order valence-electron chi connectivity index (χ1n) is 14.5. The normalized spacial score (nSPS) is 27.0. The molecule has 1 aliphatic heterocycles. The highest BCUT2D eigenvalue weighted by molar-refractivity contribution is 6.47. The molecule has 2 bridgehead atoms. The zero-order chi connectivity index (χ0) is 29.4. The number of hydrogen-bond donors (Lipinski definition) is 1. The molecule has 1 saturated heterocycles. The zero-order valence-corrected chi connectivity index (χ0v) is 24.6. The van der Waals surface area contributed by atoms with Crippen molar-refractivity contribution >= 4 is 19.1 Å². The van der Waals surface area contributed by atoms with Crippen molar-refractivity contribution in [2.75, 3.05) is 14.1 Å². The van der Waals surface area contributed by atoms with Crippen molar-refractivity contribution in [3.05, 3.63) is 71.3 Å². The number of ether oxygens (including phenoxy) is 1. The molecule has 9 heteroatoms. The number of rotatable bonds is 9. The Balaban J connectivity index is 1.24.